The summed E-state index contributed by atoms with van der Waals surface area (Å²) >= 11 is 2.30. The van der Waals surface area contributed by atoms with Crippen LogP contribution in [0.25, 0.3) is 0 Å². The molecule has 0 atom stereocenters. The van der Waals surface area contributed by atoms with Crippen molar-refractivity contribution in [3.63, 3.8) is 0 Å². The molecule has 70 valence electrons. The molecule has 13 heavy (non-hydrogen) atoms. The number of halogens is 1. The molecule has 0 unspecified atom stereocenters. The lowest BCUT2D eigenvalue weighted by atomic mass is 9.65. The summed E-state index contributed by atoms with van der Waals surface area (Å²) in [5.41, 5.74) is 1.41. The highest BCUT2D eigenvalue weighted by atomic mass is 127. The predicted octanol–water partition coefficient (Wildman–Crippen LogP) is 2.71. The SMILES string of the molecule is OCC1(c2ccc(I)cc2)CCC1. The van der Waals surface area contributed by atoms with Gasteiger partial charge in [-0.15, -0.1) is 0 Å². The van der Waals surface area contributed by atoms with E-state index in [4.69, 9.17) is 0 Å². The lowest BCUT2D eigenvalue weighted by Gasteiger charge is -2.40. The van der Waals surface area contributed by atoms with Crippen molar-refractivity contribution >= 4 is 22.6 Å². The Morgan fingerprint density at radius 2 is 1.85 bits per heavy atom. The highest BCUT2D eigenvalue weighted by Gasteiger charge is 2.37. The van der Waals surface area contributed by atoms with Crippen LogP contribution in [0.5, 0.6) is 0 Å². The van der Waals surface area contributed by atoms with Crippen LogP contribution in [0.15, 0.2) is 24.3 Å². The van der Waals surface area contributed by atoms with Crippen molar-refractivity contribution < 1.29 is 5.11 Å². The maximum Gasteiger partial charge on any atom is 0.0527 e. The van der Waals surface area contributed by atoms with Gasteiger partial charge in [-0.2, -0.15) is 0 Å². The number of aliphatic hydroxyl groups excluding tert-OH is 1. The van der Waals surface area contributed by atoms with Gasteiger partial charge in [-0.25, -0.2) is 0 Å². The molecule has 2 rings (SSSR count). The smallest absolute Gasteiger partial charge is 0.0527 e. The van der Waals surface area contributed by atoms with Crippen molar-refractivity contribution in [1.82, 2.24) is 0 Å². The van der Waals surface area contributed by atoms with Crippen molar-refractivity contribution in [2.75, 3.05) is 6.61 Å². The van der Waals surface area contributed by atoms with E-state index in [9.17, 15) is 5.11 Å². The van der Waals surface area contributed by atoms with Crippen LogP contribution < -0.4 is 0 Å². The Bertz CT molecular complexity index is 282. The zero-order chi connectivity index (χ0) is 9.31. The second-order valence-electron chi connectivity index (χ2n) is 3.80. The molecule has 1 aliphatic rings. The van der Waals surface area contributed by atoms with E-state index in [1.54, 1.807) is 0 Å². The predicted molar refractivity (Wildman–Crippen MR) is 61.8 cm³/mol. The van der Waals surface area contributed by atoms with Crippen LogP contribution in [0.4, 0.5) is 0 Å². The van der Waals surface area contributed by atoms with Gasteiger partial charge in [0.05, 0.1) is 6.61 Å². The highest BCUT2D eigenvalue weighted by molar-refractivity contribution is 14.1. The third-order valence-electron chi connectivity index (χ3n) is 3.07. The summed E-state index contributed by atoms with van der Waals surface area (Å²) in [7, 11) is 0. The van der Waals surface area contributed by atoms with Gasteiger partial charge in [0, 0.05) is 8.99 Å². The first-order valence-electron chi connectivity index (χ1n) is 4.64. The number of hydrogen-bond acceptors (Lipinski definition) is 1. The first-order chi connectivity index (χ1) is 6.27. The van der Waals surface area contributed by atoms with Crippen LogP contribution in [0, 0.1) is 3.57 Å². The Hall–Kier alpha value is -0.0900. The Morgan fingerprint density at radius 3 is 2.23 bits per heavy atom. The molecule has 0 aromatic heterocycles. The van der Waals surface area contributed by atoms with Crippen LogP contribution in [0.2, 0.25) is 0 Å². The van der Waals surface area contributed by atoms with Crippen molar-refractivity contribution in [1.29, 1.82) is 0 Å². The fraction of sp³-hybridized carbons (Fsp3) is 0.455. The third-order valence-corrected chi connectivity index (χ3v) is 3.79. The molecule has 0 aliphatic heterocycles. The van der Waals surface area contributed by atoms with Gasteiger partial charge >= 0.3 is 0 Å². The van der Waals surface area contributed by atoms with Crippen molar-refractivity contribution in [2.45, 2.75) is 24.7 Å². The highest BCUT2D eigenvalue weighted by Crippen LogP contribution is 2.43. The molecule has 1 aliphatic carbocycles. The van der Waals surface area contributed by atoms with E-state index in [1.165, 1.54) is 15.6 Å². The van der Waals surface area contributed by atoms with Crippen molar-refractivity contribution in [3.05, 3.63) is 33.4 Å². The van der Waals surface area contributed by atoms with Crippen LogP contribution in [-0.4, -0.2) is 11.7 Å². The maximum absolute atomic E-state index is 9.36. The van der Waals surface area contributed by atoms with E-state index in [0.717, 1.165) is 12.8 Å². The monoisotopic (exact) mass is 288 g/mol. The third kappa shape index (κ3) is 1.62. The average molecular weight is 288 g/mol. The number of rotatable bonds is 2. The fourth-order valence-corrected chi connectivity index (χ4v) is 2.30. The summed E-state index contributed by atoms with van der Waals surface area (Å²) in [6.45, 7) is 0.299. The minimum Gasteiger partial charge on any atom is -0.395 e. The molecule has 0 radical (unpaired) electrons. The molecule has 1 aromatic carbocycles. The topological polar surface area (TPSA) is 20.2 Å². The quantitative estimate of drug-likeness (QED) is 0.830. The molecular formula is C11H13IO. The molecule has 1 nitrogen and oxygen atoms in total. The van der Waals surface area contributed by atoms with Crippen molar-refractivity contribution in [3.8, 4) is 0 Å². The molecule has 2 heteroatoms. The molecule has 0 saturated heterocycles. The molecule has 1 N–H and O–H groups in total. The van der Waals surface area contributed by atoms with Gasteiger partial charge in [-0.05, 0) is 53.1 Å². The van der Waals surface area contributed by atoms with Crippen LogP contribution in [0.1, 0.15) is 24.8 Å². The minimum absolute atomic E-state index is 0.102. The Balaban J connectivity index is 2.28. The molecular weight excluding hydrogens is 275 g/mol. The van der Waals surface area contributed by atoms with E-state index in [2.05, 4.69) is 46.9 Å². The summed E-state index contributed by atoms with van der Waals surface area (Å²) in [6, 6.07) is 8.53. The van der Waals surface area contributed by atoms with Crippen LogP contribution in [0.3, 0.4) is 0 Å². The lowest BCUT2D eigenvalue weighted by molar-refractivity contribution is 0.120. The van der Waals surface area contributed by atoms with E-state index in [-0.39, 0.29) is 5.41 Å². The minimum atomic E-state index is 0.102. The molecule has 0 spiro atoms. The summed E-state index contributed by atoms with van der Waals surface area (Å²) in [5.74, 6) is 0. The molecule has 1 fully saturated rings. The van der Waals surface area contributed by atoms with Gasteiger partial charge in [-0.3, -0.25) is 0 Å². The van der Waals surface area contributed by atoms with Gasteiger partial charge < -0.3 is 5.11 Å². The first kappa shape index (κ1) is 9.46. The maximum atomic E-state index is 9.36. The summed E-state index contributed by atoms with van der Waals surface area (Å²) in [5, 5.41) is 9.36. The standard InChI is InChI=1S/C11H13IO/c12-10-4-2-9(3-5-10)11(8-13)6-1-7-11/h2-5,13H,1,6-8H2. The Morgan fingerprint density at radius 1 is 1.23 bits per heavy atom. The second kappa shape index (κ2) is 3.58. The fourth-order valence-electron chi connectivity index (χ4n) is 1.95. The van der Waals surface area contributed by atoms with E-state index >= 15 is 0 Å². The number of hydrogen-bond donors (Lipinski definition) is 1. The van der Waals surface area contributed by atoms with E-state index in [1.807, 2.05) is 0 Å². The zero-order valence-electron chi connectivity index (χ0n) is 7.46. The molecule has 0 amide bonds. The van der Waals surface area contributed by atoms with Gasteiger partial charge in [0.1, 0.15) is 0 Å². The first-order valence-corrected chi connectivity index (χ1v) is 5.72. The molecule has 0 heterocycles. The molecule has 0 bridgehead atoms. The molecule has 1 aromatic rings. The van der Waals surface area contributed by atoms with Crippen molar-refractivity contribution in [2.24, 2.45) is 0 Å². The Labute approximate surface area is 92.3 Å². The lowest BCUT2D eigenvalue weighted by Crippen LogP contribution is -2.37. The average Bonchev–Trinajstić information content (AvgIpc) is 2.07. The summed E-state index contributed by atoms with van der Waals surface area (Å²) in [6.07, 6.45) is 3.54. The van der Waals surface area contributed by atoms with Gasteiger partial charge in [0.25, 0.3) is 0 Å². The van der Waals surface area contributed by atoms with Gasteiger partial charge in [0.2, 0.25) is 0 Å². The van der Waals surface area contributed by atoms with E-state index < -0.39 is 0 Å². The number of aliphatic hydroxyl groups is 1. The zero-order valence-corrected chi connectivity index (χ0v) is 9.62. The van der Waals surface area contributed by atoms with E-state index in [0.29, 0.717) is 6.61 Å². The second-order valence-corrected chi connectivity index (χ2v) is 5.04. The number of benzene rings is 1. The Kier molecular flexibility index (Phi) is 2.60. The summed E-state index contributed by atoms with van der Waals surface area (Å²) < 4.78 is 1.26. The molecule has 1 saturated carbocycles. The normalized spacial score (nSPS) is 19.5. The largest absolute Gasteiger partial charge is 0.395 e. The van der Waals surface area contributed by atoms with Gasteiger partial charge in [-0.1, -0.05) is 18.6 Å². The van der Waals surface area contributed by atoms with Crippen LogP contribution >= 0.6 is 22.6 Å². The van der Waals surface area contributed by atoms with Gasteiger partial charge in [0.15, 0.2) is 0 Å². The summed E-state index contributed by atoms with van der Waals surface area (Å²) in [4.78, 5) is 0. The van der Waals surface area contributed by atoms with Crippen LogP contribution in [-0.2, 0) is 5.41 Å².